The van der Waals surface area contributed by atoms with Gasteiger partial charge in [-0.25, -0.2) is 9.78 Å². The van der Waals surface area contributed by atoms with Crippen LogP contribution in [0.1, 0.15) is 16.1 Å². The molecule has 0 spiro atoms. The van der Waals surface area contributed by atoms with Gasteiger partial charge in [0.1, 0.15) is 5.65 Å². The number of fused-ring (bicyclic) bond motifs is 2. The maximum atomic E-state index is 13.1. The molecule has 0 atom stereocenters. The Kier molecular flexibility index (Phi) is 3.35. The van der Waals surface area contributed by atoms with Crippen molar-refractivity contribution in [3.05, 3.63) is 64.1 Å². The minimum Gasteiger partial charge on any atom is -0.465 e. The van der Waals surface area contributed by atoms with E-state index in [1.54, 1.807) is 42.1 Å². The number of carbonyl (C=O) groups is 1. The molecule has 4 aromatic rings. The van der Waals surface area contributed by atoms with Crippen LogP contribution >= 0.6 is 0 Å². The van der Waals surface area contributed by atoms with Crippen LogP contribution < -0.4 is 5.43 Å². The highest BCUT2D eigenvalue weighted by molar-refractivity contribution is 6.06. The van der Waals surface area contributed by atoms with Gasteiger partial charge in [-0.05, 0) is 31.2 Å². The second-order valence-electron chi connectivity index (χ2n) is 5.58. The summed E-state index contributed by atoms with van der Waals surface area (Å²) in [4.78, 5) is 32.6. The molecule has 0 aliphatic carbocycles. The van der Waals surface area contributed by atoms with Gasteiger partial charge in [0.2, 0.25) is 5.43 Å². The number of ether oxygens (including phenoxy) is 1. The van der Waals surface area contributed by atoms with E-state index in [0.29, 0.717) is 33.4 Å². The molecule has 124 valence electrons. The summed E-state index contributed by atoms with van der Waals surface area (Å²) in [6.45, 7) is 1.75. The molecule has 0 radical (unpaired) electrons. The quantitative estimate of drug-likeness (QED) is 0.568. The Morgan fingerprint density at radius 2 is 2.00 bits per heavy atom. The van der Waals surface area contributed by atoms with E-state index in [1.807, 2.05) is 12.1 Å². The normalized spacial score (nSPS) is 11.1. The summed E-state index contributed by atoms with van der Waals surface area (Å²) in [5, 5.41) is 5.17. The number of esters is 1. The molecule has 1 N–H and O–H groups in total. The Bertz CT molecular complexity index is 1180. The van der Waals surface area contributed by atoms with Gasteiger partial charge in [-0.15, -0.1) is 0 Å². The Balaban J connectivity index is 2.14. The molecule has 3 heterocycles. The van der Waals surface area contributed by atoms with Crippen molar-refractivity contribution in [2.24, 2.45) is 0 Å². The number of aromatic nitrogens is 4. The van der Waals surface area contributed by atoms with Gasteiger partial charge in [-0.3, -0.25) is 4.79 Å². The van der Waals surface area contributed by atoms with Gasteiger partial charge in [0.25, 0.3) is 0 Å². The smallest absolute Gasteiger partial charge is 0.338 e. The number of nitrogens with one attached hydrogen (secondary N) is 1. The fraction of sp³-hybridized carbons (Fsp3) is 0.111. The standard InChI is InChI=1S/C18H14N4O3/c1-10-14-16(23)15-11(18(24)25-2)6-5-7-12(15)20-17(14)22(21-10)13-8-3-4-9-19-13/h3-9H,1-2H3,(H,20,23). The van der Waals surface area contributed by atoms with Crippen molar-refractivity contribution in [2.75, 3.05) is 7.11 Å². The minimum atomic E-state index is -0.551. The molecule has 3 aromatic heterocycles. The number of H-pyrrole nitrogens is 1. The third-order valence-electron chi connectivity index (χ3n) is 4.10. The summed E-state index contributed by atoms with van der Waals surface area (Å²) in [5.41, 5.74) is 1.61. The second kappa shape index (κ2) is 5.55. The van der Waals surface area contributed by atoms with Crippen molar-refractivity contribution >= 4 is 27.9 Å². The lowest BCUT2D eigenvalue weighted by Gasteiger charge is -2.06. The lowest BCUT2D eigenvalue weighted by atomic mass is 10.1. The number of hydrogen-bond acceptors (Lipinski definition) is 5. The van der Waals surface area contributed by atoms with E-state index in [4.69, 9.17) is 4.74 Å². The predicted molar refractivity (Wildman–Crippen MR) is 93.1 cm³/mol. The van der Waals surface area contributed by atoms with Crippen molar-refractivity contribution in [2.45, 2.75) is 6.92 Å². The number of rotatable bonds is 2. The predicted octanol–water partition coefficient (Wildman–Crippen LogP) is 2.36. The minimum absolute atomic E-state index is 0.230. The Labute approximate surface area is 141 Å². The molecule has 25 heavy (non-hydrogen) atoms. The number of aromatic amines is 1. The highest BCUT2D eigenvalue weighted by atomic mass is 16.5. The van der Waals surface area contributed by atoms with Crippen LogP contribution in [0.15, 0.2) is 47.4 Å². The van der Waals surface area contributed by atoms with Crippen molar-refractivity contribution in [1.29, 1.82) is 0 Å². The molecule has 0 saturated heterocycles. The maximum absolute atomic E-state index is 13.1. The number of hydrogen-bond donors (Lipinski definition) is 1. The molecule has 0 aliphatic rings. The highest BCUT2D eigenvalue weighted by Crippen LogP contribution is 2.22. The topological polar surface area (TPSA) is 89.9 Å². The highest BCUT2D eigenvalue weighted by Gasteiger charge is 2.20. The molecular weight excluding hydrogens is 320 g/mol. The van der Waals surface area contributed by atoms with E-state index in [2.05, 4.69) is 15.1 Å². The first-order chi connectivity index (χ1) is 12.1. The van der Waals surface area contributed by atoms with Crippen molar-refractivity contribution in [1.82, 2.24) is 19.7 Å². The lowest BCUT2D eigenvalue weighted by molar-refractivity contribution is 0.0603. The van der Waals surface area contributed by atoms with Gasteiger partial charge in [-0.2, -0.15) is 9.78 Å². The summed E-state index contributed by atoms with van der Waals surface area (Å²) >= 11 is 0. The molecule has 0 unspecified atom stereocenters. The largest absolute Gasteiger partial charge is 0.465 e. The summed E-state index contributed by atoms with van der Waals surface area (Å²) in [6.07, 6.45) is 1.66. The van der Waals surface area contributed by atoms with Gasteiger partial charge in [0.15, 0.2) is 5.82 Å². The molecule has 0 saturated carbocycles. The summed E-state index contributed by atoms with van der Waals surface area (Å²) < 4.78 is 6.39. The fourth-order valence-electron chi connectivity index (χ4n) is 2.99. The third kappa shape index (κ3) is 2.20. The number of aryl methyl sites for hydroxylation is 1. The Morgan fingerprint density at radius 3 is 2.72 bits per heavy atom. The van der Waals surface area contributed by atoms with Crippen LogP contribution in [-0.4, -0.2) is 32.8 Å². The van der Waals surface area contributed by atoms with E-state index in [1.165, 1.54) is 7.11 Å². The third-order valence-corrected chi connectivity index (χ3v) is 4.10. The Hall–Kier alpha value is -3.48. The molecule has 0 aliphatic heterocycles. The monoisotopic (exact) mass is 334 g/mol. The van der Waals surface area contributed by atoms with E-state index >= 15 is 0 Å². The average molecular weight is 334 g/mol. The van der Waals surface area contributed by atoms with Gasteiger partial charge < -0.3 is 9.72 Å². The number of methoxy groups -OCH3 is 1. The lowest BCUT2D eigenvalue weighted by Crippen LogP contribution is -2.12. The van der Waals surface area contributed by atoms with Gasteiger partial charge >= 0.3 is 5.97 Å². The fourth-order valence-corrected chi connectivity index (χ4v) is 2.99. The van der Waals surface area contributed by atoms with E-state index < -0.39 is 5.97 Å². The molecule has 7 nitrogen and oxygen atoms in total. The van der Waals surface area contributed by atoms with Crippen LogP contribution in [0, 0.1) is 6.92 Å². The SMILES string of the molecule is COC(=O)c1cccc2[nH]c3c(c(C)nn3-c3ccccn3)c(=O)c12. The first-order valence-corrected chi connectivity index (χ1v) is 7.66. The first kappa shape index (κ1) is 15.1. The maximum Gasteiger partial charge on any atom is 0.338 e. The zero-order valence-corrected chi connectivity index (χ0v) is 13.6. The van der Waals surface area contributed by atoms with Crippen molar-refractivity contribution < 1.29 is 9.53 Å². The van der Waals surface area contributed by atoms with Gasteiger partial charge in [-0.1, -0.05) is 12.1 Å². The van der Waals surface area contributed by atoms with E-state index in [9.17, 15) is 9.59 Å². The molecule has 1 aromatic carbocycles. The number of pyridine rings is 2. The van der Waals surface area contributed by atoms with Crippen LogP contribution in [0.3, 0.4) is 0 Å². The summed E-state index contributed by atoms with van der Waals surface area (Å²) in [7, 11) is 1.29. The molecule has 7 heteroatoms. The van der Waals surface area contributed by atoms with Gasteiger partial charge in [0.05, 0.1) is 34.7 Å². The van der Waals surface area contributed by atoms with Crippen LogP contribution in [0.5, 0.6) is 0 Å². The molecule has 0 bridgehead atoms. The molecule has 0 amide bonds. The zero-order chi connectivity index (χ0) is 17.6. The Morgan fingerprint density at radius 1 is 1.16 bits per heavy atom. The number of nitrogens with zero attached hydrogens (tertiary/aromatic N) is 3. The molecule has 4 rings (SSSR count). The zero-order valence-electron chi connectivity index (χ0n) is 13.6. The first-order valence-electron chi connectivity index (χ1n) is 7.66. The van der Waals surface area contributed by atoms with Crippen molar-refractivity contribution in [3.8, 4) is 5.82 Å². The molecular formula is C18H14N4O3. The van der Waals surface area contributed by atoms with Crippen LogP contribution in [-0.2, 0) is 4.74 Å². The van der Waals surface area contributed by atoms with E-state index in [0.717, 1.165) is 0 Å². The molecule has 0 fully saturated rings. The van der Waals surface area contributed by atoms with Crippen LogP contribution in [0.2, 0.25) is 0 Å². The summed E-state index contributed by atoms with van der Waals surface area (Å²) in [5.74, 6) is 0.0462. The van der Waals surface area contributed by atoms with E-state index in [-0.39, 0.29) is 11.0 Å². The summed E-state index contributed by atoms with van der Waals surface area (Å²) in [6, 6.07) is 10.5. The number of benzene rings is 1. The van der Waals surface area contributed by atoms with Crippen LogP contribution in [0.25, 0.3) is 27.8 Å². The average Bonchev–Trinajstić information content (AvgIpc) is 2.98. The second-order valence-corrected chi connectivity index (χ2v) is 5.58. The van der Waals surface area contributed by atoms with Crippen LogP contribution in [0.4, 0.5) is 0 Å². The van der Waals surface area contributed by atoms with Gasteiger partial charge in [0, 0.05) is 6.20 Å². The number of carbonyl (C=O) groups excluding carboxylic acids is 1. The van der Waals surface area contributed by atoms with Crippen molar-refractivity contribution in [3.63, 3.8) is 0 Å².